The summed E-state index contributed by atoms with van der Waals surface area (Å²) in [6, 6.07) is 8.43. The lowest BCUT2D eigenvalue weighted by molar-refractivity contribution is -0.119. The van der Waals surface area contributed by atoms with Crippen molar-refractivity contribution < 1.29 is 4.79 Å². The minimum Gasteiger partial charge on any atom is -0.352 e. The first-order valence-corrected chi connectivity index (χ1v) is 6.67. The lowest BCUT2D eigenvalue weighted by Crippen LogP contribution is -2.28. The molecule has 19 heavy (non-hydrogen) atoms. The average molecular weight is 257 g/mol. The predicted octanol–water partition coefficient (Wildman–Crippen LogP) is 1.98. The Balaban J connectivity index is 1.92. The molecule has 1 fully saturated rings. The van der Waals surface area contributed by atoms with Gasteiger partial charge in [0.05, 0.1) is 0 Å². The highest BCUT2D eigenvalue weighted by Gasteiger charge is 2.19. The van der Waals surface area contributed by atoms with Crippen LogP contribution in [-0.2, 0) is 11.3 Å². The van der Waals surface area contributed by atoms with Gasteiger partial charge in [0.15, 0.2) is 6.19 Å². The quantitative estimate of drug-likeness (QED) is 0.842. The van der Waals surface area contributed by atoms with E-state index in [1.54, 1.807) is 0 Å². The van der Waals surface area contributed by atoms with Crippen molar-refractivity contribution in [1.82, 2.24) is 10.2 Å². The Hall–Kier alpha value is -2.02. The Bertz CT molecular complexity index is 467. The smallest absolute Gasteiger partial charge is 0.217 e. The number of benzene rings is 1. The minimum atomic E-state index is -0.00653. The number of carbonyl (C=O) groups is 1. The molecule has 0 saturated carbocycles. The highest BCUT2D eigenvalue weighted by Crippen LogP contribution is 2.27. The topological polar surface area (TPSA) is 56.1 Å². The Morgan fingerprint density at radius 2 is 2.00 bits per heavy atom. The third kappa shape index (κ3) is 3.72. The number of nitriles is 1. The van der Waals surface area contributed by atoms with Crippen molar-refractivity contribution in [3.63, 3.8) is 0 Å². The van der Waals surface area contributed by atoms with Crippen LogP contribution in [0.15, 0.2) is 24.3 Å². The van der Waals surface area contributed by atoms with E-state index in [2.05, 4.69) is 35.8 Å². The maximum Gasteiger partial charge on any atom is 0.217 e. The molecular formula is C15H19N3O. The fraction of sp³-hybridized carbons (Fsp3) is 0.467. The molecule has 0 radical (unpaired) electrons. The van der Waals surface area contributed by atoms with Crippen molar-refractivity contribution in [2.45, 2.75) is 32.2 Å². The summed E-state index contributed by atoms with van der Waals surface area (Å²) in [6.07, 6.45) is 4.29. The van der Waals surface area contributed by atoms with Gasteiger partial charge in [-0.1, -0.05) is 24.3 Å². The van der Waals surface area contributed by atoms with Crippen LogP contribution in [0.3, 0.4) is 0 Å². The van der Waals surface area contributed by atoms with Crippen molar-refractivity contribution in [1.29, 1.82) is 5.26 Å². The van der Waals surface area contributed by atoms with E-state index in [1.165, 1.54) is 12.5 Å². The van der Waals surface area contributed by atoms with Gasteiger partial charge in [0.1, 0.15) is 0 Å². The largest absolute Gasteiger partial charge is 0.352 e. The number of hydrogen-bond acceptors (Lipinski definition) is 3. The molecule has 1 aromatic carbocycles. The number of amides is 1. The normalized spacial score (nSPS) is 15.9. The summed E-state index contributed by atoms with van der Waals surface area (Å²) < 4.78 is 0. The maximum absolute atomic E-state index is 10.8. The molecule has 1 amide bonds. The van der Waals surface area contributed by atoms with Crippen LogP contribution in [-0.4, -0.2) is 23.9 Å². The average Bonchev–Trinajstić information content (AvgIpc) is 2.46. The van der Waals surface area contributed by atoms with E-state index < -0.39 is 0 Å². The molecule has 0 aromatic heterocycles. The summed E-state index contributed by atoms with van der Waals surface area (Å²) >= 11 is 0. The first kappa shape index (κ1) is 13.4. The van der Waals surface area contributed by atoms with Gasteiger partial charge in [-0.25, -0.2) is 0 Å². The molecular weight excluding hydrogens is 238 g/mol. The Labute approximate surface area is 114 Å². The molecule has 0 bridgehead atoms. The maximum atomic E-state index is 10.8. The summed E-state index contributed by atoms with van der Waals surface area (Å²) in [6.45, 7) is 3.82. The Morgan fingerprint density at radius 3 is 2.53 bits per heavy atom. The van der Waals surface area contributed by atoms with Gasteiger partial charge in [0.2, 0.25) is 5.91 Å². The molecule has 4 heteroatoms. The van der Waals surface area contributed by atoms with Gasteiger partial charge in [-0.15, -0.1) is 0 Å². The van der Waals surface area contributed by atoms with Crippen LogP contribution in [0.25, 0.3) is 0 Å². The standard InChI is InChI=1S/C15H19N3O/c1-12(19)17-10-13-2-4-14(5-3-13)15-6-8-18(11-16)9-7-15/h2-5,15H,6-10H2,1H3,(H,17,19). The molecule has 1 aliphatic rings. The predicted molar refractivity (Wildman–Crippen MR) is 73.1 cm³/mol. The highest BCUT2D eigenvalue weighted by molar-refractivity contribution is 5.72. The summed E-state index contributed by atoms with van der Waals surface area (Å²) in [7, 11) is 0. The zero-order valence-corrected chi connectivity index (χ0v) is 11.2. The second-order valence-corrected chi connectivity index (χ2v) is 5.01. The van der Waals surface area contributed by atoms with E-state index in [0.29, 0.717) is 12.5 Å². The van der Waals surface area contributed by atoms with Crippen molar-refractivity contribution in [3.8, 4) is 6.19 Å². The monoisotopic (exact) mass is 257 g/mol. The van der Waals surface area contributed by atoms with Crippen molar-refractivity contribution >= 4 is 5.91 Å². The lowest BCUT2D eigenvalue weighted by Gasteiger charge is -2.28. The van der Waals surface area contributed by atoms with E-state index in [-0.39, 0.29) is 5.91 Å². The molecule has 1 heterocycles. The number of hydrogen-bond donors (Lipinski definition) is 1. The summed E-state index contributed by atoms with van der Waals surface area (Å²) in [5.74, 6) is 0.548. The fourth-order valence-electron chi connectivity index (χ4n) is 2.45. The number of nitrogens with one attached hydrogen (secondary N) is 1. The second kappa shape index (κ2) is 6.24. The molecule has 1 aromatic rings. The van der Waals surface area contributed by atoms with Crippen LogP contribution in [0.2, 0.25) is 0 Å². The van der Waals surface area contributed by atoms with Gasteiger partial charge < -0.3 is 10.2 Å². The molecule has 0 atom stereocenters. The summed E-state index contributed by atoms with van der Waals surface area (Å²) in [5, 5.41) is 11.6. The zero-order valence-electron chi connectivity index (χ0n) is 11.2. The first-order valence-electron chi connectivity index (χ1n) is 6.67. The van der Waals surface area contributed by atoms with Crippen LogP contribution in [0.4, 0.5) is 0 Å². The molecule has 1 N–H and O–H groups in total. The summed E-state index contributed by atoms with van der Waals surface area (Å²) in [4.78, 5) is 12.7. The SMILES string of the molecule is CC(=O)NCc1ccc(C2CCN(C#N)CC2)cc1. The van der Waals surface area contributed by atoms with Crippen LogP contribution >= 0.6 is 0 Å². The van der Waals surface area contributed by atoms with Crippen LogP contribution in [0, 0.1) is 11.5 Å². The molecule has 0 aliphatic carbocycles. The van der Waals surface area contributed by atoms with Crippen LogP contribution in [0.5, 0.6) is 0 Å². The summed E-state index contributed by atoms with van der Waals surface area (Å²) in [5.41, 5.74) is 2.46. The van der Waals surface area contributed by atoms with E-state index >= 15 is 0 Å². The first-order chi connectivity index (χ1) is 9.19. The lowest BCUT2D eigenvalue weighted by atomic mass is 9.89. The van der Waals surface area contributed by atoms with E-state index in [0.717, 1.165) is 31.5 Å². The Morgan fingerprint density at radius 1 is 1.37 bits per heavy atom. The van der Waals surface area contributed by atoms with Gasteiger partial charge in [-0.05, 0) is 29.9 Å². The minimum absolute atomic E-state index is 0.00653. The van der Waals surface area contributed by atoms with E-state index in [4.69, 9.17) is 5.26 Å². The second-order valence-electron chi connectivity index (χ2n) is 5.01. The van der Waals surface area contributed by atoms with Crippen LogP contribution < -0.4 is 5.32 Å². The zero-order chi connectivity index (χ0) is 13.7. The molecule has 2 rings (SSSR count). The molecule has 0 unspecified atom stereocenters. The number of piperidine rings is 1. The third-order valence-electron chi connectivity index (χ3n) is 3.63. The number of likely N-dealkylation sites (tertiary alicyclic amines) is 1. The number of nitrogens with zero attached hydrogens (tertiary/aromatic N) is 2. The Kier molecular flexibility index (Phi) is 4.40. The molecule has 0 spiro atoms. The van der Waals surface area contributed by atoms with Crippen molar-refractivity contribution in [3.05, 3.63) is 35.4 Å². The van der Waals surface area contributed by atoms with E-state index in [9.17, 15) is 4.79 Å². The van der Waals surface area contributed by atoms with Gasteiger partial charge in [-0.2, -0.15) is 5.26 Å². The van der Waals surface area contributed by atoms with Gasteiger partial charge in [0, 0.05) is 26.6 Å². The molecule has 1 saturated heterocycles. The van der Waals surface area contributed by atoms with Gasteiger partial charge in [-0.3, -0.25) is 4.79 Å². The van der Waals surface area contributed by atoms with Crippen molar-refractivity contribution in [2.75, 3.05) is 13.1 Å². The molecule has 100 valence electrons. The molecule has 1 aliphatic heterocycles. The number of carbonyl (C=O) groups excluding carboxylic acids is 1. The van der Waals surface area contributed by atoms with Crippen LogP contribution in [0.1, 0.15) is 36.8 Å². The number of rotatable bonds is 3. The third-order valence-corrected chi connectivity index (χ3v) is 3.63. The fourth-order valence-corrected chi connectivity index (χ4v) is 2.45. The van der Waals surface area contributed by atoms with Crippen molar-refractivity contribution in [2.24, 2.45) is 0 Å². The molecule has 4 nitrogen and oxygen atoms in total. The van der Waals surface area contributed by atoms with E-state index in [1.807, 2.05) is 4.90 Å². The highest BCUT2D eigenvalue weighted by atomic mass is 16.1. The van der Waals surface area contributed by atoms with Gasteiger partial charge in [0.25, 0.3) is 0 Å². The van der Waals surface area contributed by atoms with Gasteiger partial charge >= 0.3 is 0 Å².